The fourth-order valence-electron chi connectivity index (χ4n) is 3.88. The van der Waals surface area contributed by atoms with E-state index in [1.165, 1.54) is 19.3 Å². The van der Waals surface area contributed by atoms with Gasteiger partial charge in [0.2, 0.25) is 5.91 Å². The average molecular weight is 449 g/mol. The number of fused-ring (bicyclic) bond motifs is 1. The molecule has 2 atom stereocenters. The first kappa shape index (κ1) is 20.5. The summed E-state index contributed by atoms with van der Waals surface area (Å²) in [4.78, 5) is 20.4. The van der Waals surface area contributed by atoms with Crippen LogP contribution in [0.15, 0.2) is 35.3 Å². The van der Waals surface area contributed by atoms with Crippen molar-refractivity contribution in [1.82, 2.24) is 9.88 Å². The molecule has 2 aromatic rings. The zero-order valence-electron chi connectivity index (χ0n) is 16.1. The maximum atomic E-state index is 13.5. The number of carbonyl (C=O) groups excluding carboxylic acids is 1. The second-order valence-corrected chi connectivity index (χ2v) is 9.40. The Kier molecular flexibility index (Phi) is 7.48. The molecule has 1 aromatic heterocycles. The quantitative estimate of drug-likeness (QED) is 0.339. The number of allylic oxidation sites excluding steroid dienone is 1. The number of rotatable bonds is 8. The molecule has 1 aromatic carbocycles. The Morgan fingerprint density at radius 2 is 2.11 bits per heavy atom. The van der Waals surface area contributed by atoms with E-state index in [1.54, 1.807) is 11.3 Å². The Balaban J connectivity index is 1.93. The van der Waals surface area contributed by atoms with Crippen LogP contribution in [0, 0.1) is 5.92 Å². The second kappa shape index (κ2) is 9.83. The molecule has 0 bridgehead atoms. The predicted octanol–water partition coefficient (Wildman–Crippen LogP) is 6.54. The van der Waals surface area contributed by atoms with E-state index in [-0.39, 0.29) is 17.7 Å². The van der Waals surface area contributed by atoms with Gasteiger partial charge in [0, 0.05) is 17.6 Å². The molecule has 146 valence electrons. The Labute approximate surface area is 175 Å². The monoisotopic (exact) mass is 448 g/mol. The number of likely N-dealkylation sites (tertiary alicyclic amines) is 1. The number of halogens is 1. The zero-order valence-corrected chi connectivity index (χ0v) is 18.5. The van der Waals surface area contributed by atoms with E-state index in [0.29, 0.717) is 0 Å². The van der Waals surface area contributed by atoms with Crippen molar-refractivity contribution in [3.8, 4) is 0 Å². The molecule has 0 radical (unpaired) electrons. The van der Waals surface area contributed by atoms with Crippen molar-refractivity contribution in [2.75, 3.05) is 13.1 Å². The molecule has 1 amide bonds. The third-order valence-electron chi connectivity index (χ3n) is 5.44. The summed E-state index contributed by atoms with van der Waals surface area (Å²) in [6, 6.07) is 6.14. The summed E-state index contributed by atoms with van der Waals surface area (Å²) in [6.07, 6.45) is 9.95. The van der Waals surface area contributed by atoms with Gasteiger partial charge in [-0.05, 0) is 49.8 Å². The molecule has 0 N–H and O–H groups in total. The number of aromatic nitrogens is 1. The second-order valence-electron chi connectivity index (χ2n) is 7.42. The summed E-state index contributed by atoms with van der Waals surface area (Å²) in [7, 11) is 0. The van der Waals surface area contributed by atoms with Crippen LogP contribution in [0.4, 0.5) is 0 Å². The van der Waals surface area contributed by atoms with E-state index >= 15 is 0 Å². The Morgan fingerprint density at radius 1 is 1.33 bits per heavy atom. The number of piperidine rings is 1. The molecule has 0 aliphatic carbocycles. The highest BCUT2D eigenvalue weighted by Crippen LogP contribution is 2.37. The third kappa shape index (κ3) is 5.00. The first-order valence-corrected chi connectivity index (χ1v) is 11.7. The van der Waals surface area contributed by atoms with Crippen molar-refractivity contribution in [2.45, 2.75) is 57.8 Å². The molecular weight excluding hydrogens is 420 g/mol. The molecule has 1 fully saturated rings. The summed E-state index contributed by atoms with van der Waals surface area (Å²) < 4.78 is 2.18. The summed E-state index contributed by atoms with van der Waals surface area (Å²) in [5.74, 6) is 0.192. The zero-order chi connectivity index (χ0) is 19.2. The van der Waals surface area contributed by atoms with Crippen LogP contribution < -0.4 is 0 Å². The fraction of sp³-hybridized carbons (Fsp3) is 0.545. The van der Waals surface area contributed by atoms with E-state index in [1.807, 2.05) is 18.2 Å². The van der Waals surface area contributed by atoms with Gasteiger partial charge in [-0.1, -0.05) is 48.2 Å². The normalized spacial score (nSPS) is 17.0. The molecule has 1 saturated heterocycles. The third-order valence-corrected chi connectivity index (χ3v) is 7.03. The van der Waals surface area contributed by atoms with Gasteiger partial charge in [-0.2, -0.15) is 0 Å². The standard InChI is InChI=1S/C22H29BrN2OS/c1-3-5-7-10-16(4-2)20(22(26)25-13-8-6-9-14-25)21-24-18-12-11-17(23)15-19(18)27-21/h4,11-12,15-16,20H,2-3,5-10,13-14H2,1H3/t16-,20+/m1/s1. The Morgan fingerprint density at radius 3 is 2.81 bits per heavy atom. The Bertz CT molecular complexity index is 782. The van der Waals surface area contributed by atoms with E-state index in [0.717, 1.165) is 58.5 Å². The van der Waals surface area contributed by atoms with Crippen molar-refractivity contribution in [1.29, 1.82) is 0 Å². The lowest BCUT2D eigenvalue weighted by Crippen LogP contribution is -2.40. The largest absolute Gasteiger partial charge is 0.342 e. The van der Waals surface area contributed by atoms with Crippen LogP contribution in [0.25, 0.3) is 10.2 Å². The molecule has 3 nitrogen and oxygen atoms in total. The molecule has 1 aliphatic rings. The van der Waals surface area contributed by atoms with Crippen LogP contribution in [0.5, 0.6) is 0 Å². The highest BCUT2D eigenvalue weighted by Gasteiger charge is 2.34. The minimum absolute atomic E-state index is 0.148. The minimum Gasteiger partial charge on any atom is -0.342 e. The highest BCUT2D eigenvalue weighted by atomic mass is 79.9. The lowest BCUT2D eigenvalue weighted by Gasteiger charge is -2.32. The number of benzene rings is 1. The minimum atomic E-state index is -0.200. The van der Waals surface area contributed by atoms with Gasteiger partial charge in [0.25, 0.3) is 0 Å². The van der Waals surface area contributed by atoms with Crippen LogP contribution in [0.1, 0.15) is 62.8 Å². The van der Waals surface area contributed by atoms with Crippen molar-refractivity contribution in [3.63, 3.8) is 0 Å². The number of carbonyl (C=O) groups is 1. The van der Waals surface area contributed by atoms with Crippen molar-refractivity contribution >= 4 is 43.4 Å². The molecule has 27 heavy (non-hydrogen) atoms. The first-order valence-electron chi connectivity index (χ1n) is 10.1. The average Bonchev–Trinajstić information content (AvgIpc) is 3.10. The number of thiazole rings is 1. The molecule has 0 spiro atoms. The van der Waals surface area contributed by atoms with Crippen molar-refractivity contribution in [2.24, 2.45) is 5.92 Å². The van der Waals surface area contributed by atoms with E-state index in [2.05, 4.69) is 40.4 Å². The van der Waals surface area contributed by atoms with E-state index in [4.69, 9.17) is 4.98 Å². The molecular formula is C22H29BrN2OS. The van der Waals surface area contributed by atoms with Crippen LogP contribution in [0.3, 0.4) is 0 Å². The van der Waals surface area contributed by atoms with Crippen LogP contribution in [-0.2, 0) is 4.79 Å². The Hall–Kier alpha value is -1.20. The van der Waals surface area contributed by atoms with Gasteiger partial charge in [0.15, 0.2) is 0 Å². The summed E-state index contributed by atoms with van der Waals surface area (Å²) in [6.45, 7) is 8.05. The smallest absolute Gasteiger partial charge is 0.233 e. The van der Waals surface area contributed by atoms with Gasteiger partial charge in [0.05, 0.1) is 16.1 Å². The lowest BCUT2D eigenvalue weighted by atomic mass is 9.86. The van der Waals surface area contributed by atoms with Crippen molar-refractivity contribution < 1.29 is 4.79 Å². The van der Waals surface area contributed by atoms with Crippen molar-refractivity contribution in [3.05, 3.63) is 40.3 Å². The van der Waals surface area contributed by atoms with E-state index in [9.17, 15) is 4.79 Å². The highest BCUT2D eigenvalue weighted by molar-refractivity contribution is 9.10. The molecule has 1 aliphatic heterocycles. The summed E-state index contributed by atoms with van der Waals surface area (Å²) >= 11 is 5.20. The van der Waals surface area contributed by atoms with Crippen LogP contribution >= 0.6 is 27.3 Å². The number of amides is 1. The topological polar surface area (TPSA) is 33.2 Å². The molecule has 2 heterocycles. The van der Waals surface area contributed by atoms with Gasteiger partial charge >= 0.3 is 0 Å². The number of hydrogen-bond donors (Lipinski definition) is 0. The van der Waals surface area contributed by atoms with Crippen LogP contribution in [-0.4, -0.2) is 28.9 Å². The molecule has 0 saturated carbocycles. The SMILES string of the molecule is C=C[C@H](CCCCC)[C@H](C(=O)N1CCCCC1)c1nc2ccc(Br)cc2s1. The summed E-state index contributed by atoms with van der Waals surface area (Å²) in [5.41, 5.74) is 0.978. The molecule has 0 unspecified atom stereocenters. The molecule has 5 heteroatoms. The number of nitrogens with zero attached hydrogens (tertiary/aromatic N) is 2. The van der Waals surface area contributed by atoms with Crippen LogP contribution in [0.2, 0.25) is 0 Å². The van der Waals surface area contributed by atoms with Gasteiger partial charge in [-0.25, -0.2) is 4.98 Å². The first-order chi connectivity index (χ1) is 13.1. The summed E-state index contributed by atoms with van der Waals surface area (Å²) in [5, 5.41) is 0.945. The van der Waals surface area contributed by atoms with Gasteiger partial charge in [-0.3, -0.25) is 4.79 Å². The lowest BCUT2D eigenvalue weighted by molar-refractivity contribution is -0.134. The van der Waals surface area contributed by atoms with Gasteiger partial charge in [0.1, 0.15) is 5.01 Å². The predicted molar refractivity (Wildman–Crippen MR) is 118 cm³/mol. The van der Waals surface area contributed by atoms with Gasteiger partial charge < -0.3 is 4.90 Å². The number of unbranched alkanes of at least 4 members (excludes halogenated alkanes) is 2. The fourth-order valence-corrected chi connectivity index (χ4v) is 5.57. The molecule has 3 rings (SSSR count). The maximum Gasteiger partial charge on any atom is 0.233 e. The van der Waals surface area contributed by atoms with Gasteiger partial charge in [-0.15, -0.1) is 17.9 Å². The number of hydrogen-bond acceptors (Lipinski definition) is 3. The van der Waals surface area contributed by atoms with E-state index < -0.39 is 0 Å². The maximum absolute atomic E-state index is 13.5.